The molecule has 3 N–H and O–H groups in total. The van der Waals surface area contributed by atoms with Crippen LogP contribution in [0.1, 0.15) is 46.0 Å². The Balaban J connectivity index is 2.04. The van der Waals surface area contributed by atoms with E-state index in [4.69, 9.17) is 5.73 Å². The fourth-order valence-electron chi connectivity index (χ4n) is 3.61. The first kappa shape index (κ1) is 12.8. The molecule has 2 fully saturated rings. The first-order valence-electron chi connectivity index (χ1n) is 6.90. The second-order valence-corrected chi connectivity index (χ2v) is 5.60. The molecular formula is C13H25N3O. The zero-order valence-electron chi connectivity index (χ0n) is 11.0. The van der Waals surface area contributed by atoms with Crippen molar-refractivity contribution in [3.63, 3.8) is 0 Å². The fourth-order valence-corrected chi connectivity index (χ4v) is 3.61. The predicted molar refractivity (Wildman–Crippen MR) is 68.6 cm³/mol. The highest BCUT2D eigenvalue weighted by molar-refractivity contribution is 5.85. The topological polar surface area (TPSA) is 58.4 Å². The summed E-state index contributed by atoms with van der Waals surface area (Å²) in [5, 5.41) is 3.32. The molecule has 1 saturated heterocycles. The molecule has 17 heavy (non-hydrogen) atoms. The number of nitrogens with zero attached hydrogens (tertiary/aromatic N) is 1. The van der Waals surface area contributed by atoms with E-state index in [1.54, 1.807) is 0 Å². The van der Waals surface area contributed by atoms with Gasteiger partial charge in [-0.1, -0.05) is 6.92 Å². The molecule has 1 aliphatic heterocycles. The summed E-state index contributed by atoms with van der Waals surface area (Å²) in [6, 6.07) is 1.21. The molecule has 4 nitrogen and oxygen atoms in total. The lowest BCUT2D eigenvalue weighted by Crippen LogP contribution is -2.54. The van der Waals surface area contributed by atoms with Crippen molar-refractivity contribution in [3.8, 4) is 0 Å². The molecule has 1 saturated carbocycles. The number of rotatable bonds is 4. The zero-order chi connectivity index (χ0) is 12.5. The number of likely N-dealkylation sites (tertiary alicyclic amines) is 1. The number of amides is 1. The minimum atomic E-state index is -0.443. The summed E-state index contributed by atoms with van der Waals surface area (Å²) >= 11 is 0. The number of nitrogens with two attached hydrogens (primary N) is 1. The average Bonchev–Trinajstić information content (AvgIpc) is 2.86. The van der Waals surface area contributed by atoms with Gasteiger partial charge in [-0.05, 0) is 52.1 Å². The van der Waals surface area contributed by atoms with Crippen LogP contribution < -0.4 is 11.1 Å². The first-order valence-corrected chi connectivity index (χ1v) is 6.90. The third-order valence-corrected chi connectivity index (χ3v) is 4.55. The predicted octanol–water partition coefficient (Wildman–Crippen LogP) is 0.857. The number of nitrogens with one attached hydrogen (secondary N) is 1. The maximum Gasteiger partial charge on any atom is 0.237 e. The summed E-state index contributed by atoms with van der Waals surface area (Å²) in [7, 11) is 0. The van der Waals surface area contributed by atoms with Crippen LogP contribution in [0.15, 0.2) is 0 Å². The van der Waals surface area contributed by atoms with E-state index in [1.165, 1.54) is 19.4 Å². The van der Waals surface area contributed by atoms with Gasteiger partial charge in [0.15, 0.2) is 0 Å². The molecule has 3 unspecified atom stereocenters. The number of primary amides is 1. The van der Waals surface area contributed by atoms with E-state index in [0.717, 1.165) is 25.8 Å². The van der Waals surface area contributed by atoms with Crippen LogP contribution in [-0.2, 0) is 4.79 Å². The SMILES string of the molecule is CCNC1(C(N)=O)CCC(N2CCCC2C)C1. The Hall–Kier alpha value is -0.610. The van der Waals surface area contributed by atoms with Gasteiger partial charge in [-0.2, -0.15) is 0 Å². The van der Waals surface area contributed by atoms with E-state index in [-0.39, 0.29) is 5.91 Å². The zero-order valence-corrected chi connectivity index (χ0v) is 11.0. The first-order chi connectivity index (χ1) is 8.09. The summed E-state index contributed by atoms with van der Waals surface area (Å²) in [4.78, 5) is 14.3. The molecule has 0 aromatic rings. The molecule has 1 heterocycles. The van der Waals surface area contributed by atoms with E-state index in [0.29, 0.717) is 12.1 Å². The minimum absolute atomic E-state index is 0.173. The molecule has 98 valence electrons. The van der Waals surface area contributed by atoms with Gasteiger partial charge in [-0.25, -0.2) is 0 Å². The lowest BCUT2D eigenvalue weighted by molar-refractivity contribution is -0.124. The van der Waals surface area contributed by atoms with Crippen molar-refractivity contribution in [1.82, 2.24) is 10.2 Å². The third kappa shape index (κ3) is 2.33. The Bertz CT molecular complexity index is 294. The molecule has 4 heteroatoms. The molecule has 0 bridgehead atoms. The Kier molecular flexibility index (Phi) is 3.73. The van der Waals surface area contributed by atoms with Gasteiger partial charge < -0.3 is 11.1 Å². The number of hydrogen-bond acceptors (Lipinski definition) is 3. The number of likely N-dealkylation sites (N-methyl/N-ethyl adjacent to an activating group) is 1. The van der Waals surface area contributed by atoms with Crippen LogP contribution >= 0.6 is 0 Å². The Morgan fingerprint density at radius 3 is 2.82 bits per heavy atom. The smallest absolute Gasteiger partial charge is 0.237 e. The summed E-state index contributed by atoms with van der Waals surface area (Å²) in [6.07, 6.45) is 5.47. The molecule has 0 aromatic heterocycles. The molecule has 2 rings (SSSR count). The number of carbonyl (C=O) groups is 1. The van der Waals surface area contributed by atoms with Crippen LogP contribution in [0.5, 0.6) is 0 Å². The van der Waals surface area contributed by atoms with Gasteiger partial charge in [0.1, 0.15) is 0 Å². The van der Waals surface area contributed by atoms with Gasteiger partial charge in [0.2, 0.25) is 5.91 Å². The average molecular weight is 239 g/mol. The molecule has 0 radical (unpaired) electrons. The minimum Gasteiger partial charge on any atom is -0.368 e. The van der Waals surface area contributed by atoms with Gasteiger partial charge in [-0.3, -0.25) is 9.69 Å². The van der Waals surface area contributed by atoms with Crippen LogP contribution in [0.4, 0.5) is 0 Å². The highest BCUT2D eigenvalue weighted by Crippen LogP contribution is 2.36. The second-order valence-electron chi connectivity index (χ2n) is 5.60. The molecule has 0 spiro atoms. The van der Waals surface area contributed by atoms with Gasteiger partial charge in [-0.15, -0.1) is 0 Å². The van der Waals surface area contributed by atoms with E-state index in [1.807, 2.05) is 6.92 Å². The van der Waals surface area contributed by atoms with Crippen molar-refractivity contribution in [2.45, 2.75) is 63.6 Å². The standard InChI is InChI=1S/C13H25N3O/c1-3-15-13(12(14)17)7-6-11(9-13)16-8-4-5-10(16)2/h10-11,15H,3-9H2,1-2H3,(H2,14,17). The van der Waals surface area contributed by atoms with Crippen LogP contribution in [0.3, 0.4) is 0 Å². The number of hydrogen-bond donors (Lipinski definition) is 2. The lowest BCUT2D eigenvalue weighted by atomic mass is 9.96. The Morgan fingerprint density at radius 1 is 1.53 bits per heavy atom. The van der Waals surface area contributed by atoms with Crippen molar-refractivity contribution in [2.75, 3.05) is 13.1 Å². The summed E-state index contributed by atoms with van der Waals surface area (Å²) in [6.45, 7) is 6.33. The maximum atomic E-state index is 11.7. The van der Waals surface area contributed by atoms with Gasteiger partial charge in [0.05, 0.1) is 5.54 Å². The van der Waals surface area contributed by atoms with Crippen molar-refractivity contribution < 1.29 is 4.79 Å². The van der Waals surface area contributed by atoms with E-state index < -0.39 is 5.54 Å². The van der Waals surface area contributed by atoms with Gasteiger partial charge >= 0.3 is 0 Å². The van der Waals surface area contributed by atoms with E-state index >= 15 is 0 Å². The van der Waals surface area contributed by atoms with Crippen LogP contribution in [0.25, 0.3) is 0 Å². The fraction of sp³-hybridized carbons (Fsp3) is 0.923. The molecule has 2 aliphatic rings. The highest BCUT2D eigenvalue weighted by atomic mass is 16.1. The van der Waals surface area contributed by atoms with Crippen molar-refractivity contribution in [2.24, 2.45) is 5.73 Å². The Labute approximate surface area is 104 Å². The van der Waals surface area contributed by atoms with Crippen LogP contribution in [0, 0.1) is 0 Å². The highest BCUT2D eigenvalue weighted by Gasteiger charge is 2.46. The molecule has 1 amide bonds. The van der Waals surface area contributed by atoms with Crippen molar-refractivity contribution >= 4 is 5.91 Å². The monoisotopic (exact) mass is 239 g/mol. The molecule has 1 aliphatic carbocycles. The van der Waals surface area contributed by atoms with Gasteiger partial charge in [0, 0.05) is 12.1 Å². The van der Waals surface area contributed by atoms with Gasteiger partial charge in [0.25, 0.3) is 0 Å². The van der Waals surface area contributed by atoms with E-state index in [9.17, 15) is 4.79 Å². The van der Waals surface area contributed by atoms with Crippen molar-refractivity contribution in [3.05, 3.63) is 0 Å². The lowest BCUT2D eigenvalue weighted by Gasteiger charge is -2.31. The second kappa shape index (κ2) is 4.94. The number of carbonyl (C=O) groups excluding carboxylic acids is 1. The summed E-state index contributed by atoms with van der Waals surface area (Å²) in [5.41, 5.74) is 5.15. The van der Waals surface area contributed by atoms with Crippen LogP contribution in [0.2, 0.25) is 0 Å². The van der Waals surface area contributed by atoms with Crippen molar-refractivity contribution in [1.29, 1.82) is 0 Å². The summed E-state index contributed by atoms with van der Waals surface area (Å²) < 4.78 is 0. The molecule has 0 aromatic carbocycles. The molecular weight excluding hydrogens is 214 g/mol. The Morgan fingerprint density at radius 2 is 2.29 bits per heavy atom. The van der Waals surface area contributed by atoms with E-state index in [2.05, 4.69) is 17.1 Å². The normalized spacial score (nSPS) is 38.7. The maximum absolute atomic E-state index is 11.7. The third-order valence-electron chi connectivity index (χ3n) is 4.55. The quantitative estimate of drug-likeness (QED) is 0.765. The summed E-state index contributed by atoms with van der Waals surface area (Å²) in [5.74, 6) is -0.173. The van der Waals surface area contributed by atoms with Crippen LogP contribution in [-0.4, -0.2) is 41.5 Å². The molecule has 3 atom stereocenters. The largest absolute Gasteiger partial charge is 0.368 e.